The molecule has 5 heteroatoms. The summed E-state index contributed by atoms with van der Waals surface area (Å²) in [7, 11) is 0. The van der Waals surface area contributed by atoms with Crippen LogP contribution in [0.3, 0.4) is 0 Å². The predicted molar refractivity (Wildman–Crippen MR) is 60.1 cm³/mol. The molecule has 0 aromatic carbocycles. The number of rotatable bonds is 8. The largest absolute Gasteiger partial charge is 0.480 e. The highest BCUT2D eigenvalue weighted by Gasteiger charge is 2.07. The third-order valence-electron chi connectivity index (χ3n) is 1.97. The van der Waals surface area contributed by atoms with Crippen LogP contribution in [0.2, 0.25) is 0 Å². The summed E-state index contributed by atoms with van der Waals surface area (Å²) in [5.74, 6) is -0.766. The maximum absolute atomic E-state index is 11.1. The summed E-state index contributed by atoms with van der Waals surface area (Å²) in [4.78, 5) is 21.3. The molecule has 0 bridgehead atoms. The van der Waals surface area contributed by atoms with Crippen molar-refractivity contribution in [3.05, 3.63) is 0 Å². The average Bonchev–Trinajstić information content (AvgIpc) is 2.13. The minimum atomic E-state index is -1.04. The highest BCUT2D eigenvalue weighted by Crippen LogP contribution is 2.07. The lowest BCUT2D eigenvalue weighted by atomic mass is 10.1. The Morgan fingerprint density at radius 3 is 2.44 bits per heavy atom. The van der Waals surface area contributed by atoms with Crippen molar-refractivity contribution >= 4 is 11.9 Å². The van der Waals surface area contributed by atoms with Crippen molar-refractivity contribution in [2.75, 3.05) is 13.2 Å². The van der Waals surface area contributed by atoms with Gasteiger partial charge in [0.15, 0.2) is 0 Å². The smallest absolute Gasteiger partial charge is 0.322 e. The van der Waals surface area contributed by atoms with Gasteiger partial charge in [0.1, 0.15) is 6.54 Å². The lowest BCUT2D eigenvalue weighted by Crippen LogP contribution is -2.30. The van der Waals surface area contributed by atoms with Gasteiger partial charge in [-0.25, -0.2) is 0 Å². The SMILES string of the molecule is CC(C)CC(C)OCCC(=O)NCC(=O)O. The number of nitrogens with one attached hydrogen (secondary N) is 1. The van der Waals surface area contributed by atoms with Gasteiger partial charge in [-0.3, -0.25) is 9.59 Å². The monoisotopic (exact) mass is 231 g/mol. The van der Waals surface area contributed by atoms with Crippen molar-refractivity contribution in [1.29, 1.82) is 0 Å². The van der Waals surface area contributed by atoms with Crippen LogP contribution in [0.4, 0.5) is 0 Å². The van der Waals surface area contributed by atoms with Gasteiger partial charge >= 0.3 is 5.97 Å². The number of hydrogen-bond donors (Lipinski definition) is 2. The fourth-order valence-electron chi connectivity index (χ4n) is 1.35. The van der Waals surface area contributed by atoms with Gasteiger partial charge < -0.3 is 15.2 Å². The van der Waals surface area contributed by atoms with E-state index < -0.39 is 5.97 Å². The van der Waals surface area contributed by atoms with Crippen LogP contribution in [-0.4, -0.2) is 36.2 Å². The third-order valence-corrected chi connectivity index (χ3v) is 1.97. The highest BCUT2D eigenvalue weighted by atomic mass is 16.5. The van der Waals surface area contributed by atoms with Gasteiger partial charge in [-0.05, 0) is 19.3 Å². The second-order valence-corrected chi connectivity index (χ2v) is 4.23. The van der Waals surface area contributed by atoms with E-state index in [2.05, 4.69) is 19.2 Å². The molecule has 1 atom stereocenters. The molecule has 0 aliphatic rings. The summed E-state index contributed by atoms with van der Waals surface area (Å²) in [5, 5.41) is 10.6. The van der Waals surface area contributed by atoms with Crippen molar-refractivity contribution in [2.45, 2.75) is 39.7 Å². The zero-order valence-corrected chi connectivity index (χ0v) is 10.2. The van der Waals surface area contributed by atoms with Gasteiger partial charge in [-0.1, -0.05) is 13.8 Å². The summed E-state index contributed by atoms with van der Waals surface area (Å²) in [6.07, 6.45) is 1.29. The van der Waals surface area contributed by atoms with Gasteiger partial charge in [0.05, 0.1) is 12.7 Å². The molecule has 16 heavy (non-hydrogen) atoms. The second-order valence-electron chi connectivity index (χ2n) is 4.23. The fraction of sp³-hybridized carbons (Fsp3) is 0.818. The van der Waals surface area contributed by atoms with E-state index in [1.165, 1.54) is 0 Å². The molecule has 0 aliphatic carbocycles. The van der Waals surface area contributed by atoms with Gasteiger partial charge in [0, 0.05) is 6.42 Å². The van der Waals surface area contributed by atoms with Crippen LogP contribution in [0.5, 0.6) is 0 Å². The molecule has 0 saturated heterocycles. The number of carbonyl (C=O) groups excluding carboxylic acids is 1. The van der Waals surface area contributed by atoms with Crippen molar-refractivity contribution in [3.63, 3.8) is 0 Å². The zero-order chi connectivity index (χ0) is 12.6. The lowest BCUT2D eigenvalue weighted by Gasteiger charge is -2.14. The minimum Gasteiger partial charge on any atom is -0.480 e. The summed E-state index contributed by atoms with van der Waals surface area (Å²) < 4.78 is 5.42. The van der Waals surface area contributed by atoms with E-state index in [0.717, 1.165) is 6.42 Å². The third kappa shape index (κ3) is 9.45. The van der Waals surface area contributed by atoms with Crippen molar-refractivity contribution in [1.82, 2.24) is 5.32 Å². The highest BCUT2D eigenvalue weighted by molar-refractivity contribution is 5.81. The molecular weight excluding hydrogens is 210 g/mol. The first-order valence-corrected chi connectivity index (χ1v) is 5.52. The number of aliphatic carboxylic acids is 1. The van der Waals surface area contributed by atoms with E-state index in [0.29, 0.717) is 12.5 Å². The Morgan fingerprint density at radius 1 is 1.31 bits per heavy atom. The van der Waals surface area contributed by atoms with Crippen molar-refractivity contribution < 1.29 is 19.4 Å². The van der Waals surface area contributed by atoms with Crippen LogP contribution in [0, 0.1) is 5.92 Å². The summed E-state index contributed by atoms with van der Waals surface area (Å²) >= 11 is 0. The number of carboxylic acids is 1. The Labute approximate surface area is 96.2 Å². The molecule has 0 aliphatic heterocycles. The van der Waals surface area contributed by atoms with Crippen LogP contribution in [0.15, 0.2) is 0 Å². The Hall–Kier alpha value is -1.10. The summed E-state index contributed by atoms with van der Waals surface area (Å²) in [6, 6.07) is 0. The summed E-state index contributed by atoms with van der Waals surface area (Å²) in [6.45, 7) is 6.19. The van der Waals surface area contributed by atoms with Crippen molar-refractivity contribution in [2.24, 2.45) is 5.92 Å². The Balaban J connectivity index is 3.50. The molecule has 1 unspecified atom stereocenters. The Bertz CT molecular complexity index is 228. The number of ether oxygens (including phenoxy) is 1. The topological polar surface area (TPSA) is 75.6 Å². The standard InChI is InChI=1S/C11H21NO4/c1-8(2)6-9(3)16-5-4-10(13)12-7-11(14)15/h8-9H,4-7H2,1-3H3,(H,12,13)(H,14,15). The van der Waals surface area contributed by atoms with Crippen molar-refractivity contribution in [3.8, 4) is 0 Å². The van der Waals surface area contributed by atoms with Crippen LogP contribution in [0.1, 0.15) is 33.6 Å². The molecule has 2 N–H and O–H groups in total. The number of amides is 1. The molecule has 0 aromatic heterocycles. The van der Waals surface area contributed by atoms with Crippen LogP contribution < -0.4 is 5.32 Å². The van der Waals surface area contributed by atoms with E-state index in [4.69, 9.17) is 9.84 Å². The normalized spacial score (nSPS) is 12.5. The maximum Gasteiger partial charge on any atom is 0.322 e. The molecule has 0 fully saturated rings. The van der Waals surface area contributed by atoms with Crippen LogP contribution >= 0.6 is 0 Å². The molecule has 5 nitrogen and oxygen atoms in total. The van der Waals surface area contributed by atoms with Crippen LogP contribution in [0.25, 0.3) is 0 Å². The summed E-state index contributed by atoms with van der Waals surface area (Å²) in [5.41, 5.74) is 0. The molecule has 1 amide bonds. The fourth-order valence-corrected chi connectivity index (χ4v) is 1.35. The number of hydrogen-bond acceptors (Lipinski definition) is 3. The lowest BCUT2D eigenvalue weighted by molar-refractivity contribution is -0.138. The van der Waals surface area contributed by atoms with E-state index in [1.54, 1.807) is 0 Å². The first kappa shape index (κ1) is 14.9. The first-order valence-electron chi connectivity index (χ1n) is 5.52. The molecule has 0 heterocycles. The first-order chi connectivity index (χ1) is 7.41. The molecule has 0 spiro atoms. The van der Waals surface area contributed by atoms with Gasteiger partial charge in [0.2, 0.25) is 5.91 Å². The molecule has 0 radical (unpaired) electrons. The van der Waals surface area contributed by atoms with E-state index in [1.807, 2.05) is 6.92 Å². The second kappa shape index (κ2) is 8.10. The average molecular weight is 231 g/mol. The van der Waals surface area contributed by atoms with E-state index >= 15 is 0 Å². The predicted octanol–water partition coefficient (Wildman–Crippen LogP) is 1.03. The number of carbonyl (C=O) groups is 2. The number of carboxylic acid groups (broad SMARTS) is 1. The minimum absolute atomic E-state index is 0.132. The molecule has 94 valence electrons. The van der Waals surface area contributed by atoms with E-state index in [9.17, 15) is 9.59 Å². The molecule has 0 aromatic rings. The maximum atomic E-state index is 11.1. The van der Waals surface area contributed by atoms with Crippen LogP contribution in [-0.2, 0) is 14.3 Å². The molecule has 0 rings (SSSR count). The van der Waals surface area contributed by atoms with Gasteiger partial charge in [0.25, 0.3) is 0 Å². The molecule has 0 saturated carbocycles. The Morgan fingerprint density at radius 2 is 1.94 bits per heavy atom. The molecular formula is C11H21NO4. The Kier molecular flexibility index (Phi) is 7.54. The van der Waals surface area contributed by atoms with Gasteiger partial charge in [-0.15, -0.1) is 0 Å². The van der Waals surface area contributed by atoms with Gasteiger partial charge in [-0.2, -0.15) is 0 Å². The zero-order valence-electron chi connectivity index (χ0n) is 10.2. The quantitative estimate of drug-likeness (QED) is 0.654. The van der Waals surface area contributed by atoms with E-state index in [-0.39, 0.29) is 25.0 Å².